The number of rotatable bonds is 6. The smallest absolute Gasteiger partial charge is 0.200 e. The van der Waals surface area contributed by atoms with Crippen LogP contribution in [0.15, 0.2) is 45.6 Å². The Labute approximate surface area is 164 Å². The van der Waals surface area contributed by atoms with Crippen LogP contribution in [0.3, 0.4) is 0 Å². The number of aromatic hydroxyl groups is 1. The Morgan fingerprint density at radius 3 is 2.52 bits per heavy atom. The third-order valence-corrected chi connectivity index (χ3v) is 5.02. The first-order valence-electron chi connectivity index (χ1n) is 9.15. The molecule has 0 aliphatic heterocycles. The topological polar surface area (TPSA) is 53.7 Å². The van der Waals surface area contributed by atoms with Crippen molar-refractivity contribution in [3.63, 3.8) is 0 Å². The minimum atomic E-state index is -0.103. The first kappa shape index (κ1) is 19.5. The molecule has 0 spiro atoms. The van der Waals surface area contributed by atoms with Crippen LogP contribution in [-0.2, 0) is 6.54 Å². The molecule has 0 radical (unpaired) electrons. The Morgan fingerprint density at radius 2 is 1.85 bits per heavy atom. The van der Waals surface area contributed by atoms with Gasteiger partial charge in [-0.2, -0.15) is 0 Å². The van der Waals surface area contributed by atoms with Gasteiger partial charge in [-0.1, -0.05) is 37.1 Å². The summed E-state index contributed by atoms with van der Waals surface area (Å²) >= 11 is 5.96. The molecule has 0 saturated carbocycles. The lowest BCUT2D eigenvalue weighted by atomic mass is 10.0. The average Bonchev–Trinajstić information content (AvgIpc) is 2.64. The van der Waals surface area contributed by atoms with Crippen LogP contribution in [-0.4, -0.2) is 23.6 Å². The van der Waals surface area contributed by atoms with Crippen LogP contribution in [0, 0.1) is 6.92 Å². The minimum Gasteiger partial charge on any atom is -0.507 e. The maximum atomic E-state index is 13.2. The van der Waals surface area contributed by atoms with Gasteiger partial charge in [0.05, 0.1) is 16.5 Å². The van der Waals surface area contributed by atoms with Crippen molar-refractivity contribution in [3.8, 4) is 16.9 Å². The van der Waals surface area contributed by atoms with E-state index in [-0.39, 0.29) is 11.2 Å². The third kappa shape index (κ3) is 4.02. The lowest BCUT2D eigenvalue weighted by molar-refractivity contribution is 0.314. The molecule has 0 aliphatic rings. The summed E-state index contributed by atoms with van der Waals surface area (Å²) in [5, 5.41) is 11.5. The standard InChI is InChI=1S/C22H24ClNO3/c1-4-5-12-24(3)13-18-19(25)11-10-17-21(26)20(14(2)27-22(17)18)15-6-8-16(23)9-7-15/h6-11,25H,4-5,12-13H2,1-3H3. The molecule has 1 N–H and O–H groups in total. The Bertz CT molecular complexity index is 1010. The van der Waals surface area contributed by atoms with Crippen molar-refractivity contribution in [1.82, 2.24) is 4.90 Å². The number of fused-ring (bicyclic) bond motifs is 1. The van der Waals surface area contributed by atoms with E-state index in [9.17, 15) is 9.90 Å². The van der Waals surface area contributed by atoms with E-state index in [1.807, 2.05) is 19.2 Å². The molecule has 142 valence electrons. The fourth-order valence-electron chi connectivity index (χ4n) is 3.29. The molecule has 0 unspecified atom stereocenters. The number of phenols is 1. The summed E-state index contributed by atoms with van der Waals surface area (Å²) in [4.78, 5) is 15.3. The normalized spacial score (nSPS) is 11.4. The molecule has 0 saturated heterocycles. The highest BCUT2D eigenvalue weighted by Gasteiger charge is 2.18. The van der Waals surface area contributed by atoms with Crippen LogP contribution in [0.5, 0.6) is 5.75 Å². The van der Waals surface area contributed by atoms with Gasteiger partial charge in [-0.25, -0.2) is 0 Å². The van der Waals surface area contributed by atoms with Gasteiger partial charge in [0.25, 0.3) is 0 Å². The summed E-state index contributed by atoms with van der Waals surface area (Å²) in [5.41, 5.74) is 2.29. The van der Waals surface area contributed by atoms with Crippen molar-refractivity contribution >= 4 is 22.6 Å². The van der Waals surface area contributed by atoms with Crippen molar-refractivity contribution in [1.29, 1.82) is 0 Å². The van der Waals surface area contributed by atoms with E-state index in [1.54, 1.807) is 31.2 Å². The summed E-state index contributed by atoms with van der Waals surface area (Å²) in [7, 11) is 2.00. The van der Waals surface area contributed by atoms with Gasteiger partial charge in [0.1, 0.15) is 17.1 Å². The summed E-state index contributed by atoms with van der Waals surface area (Å²) in [6.07, 6.45) is 2.18. The van der Waals surface area contributed by atoms with Gasteiger partial charge in [0, 0.05) is 11.6 Å². The second-order valence-electron chi connectivity index (χ2n) is 6.90. The molecule has 0 aliphatic carbocycles. The van der Waals surface area contributed by atoms with Crippen molar-refractivity contribution in [2.75, 3.05) is 13.6 Å². The van der Waals surface area contributed by atoms with Gasteiger partial charge in [-0.15, -0.1) is 0 Å². The summed E-state index contributed by atoms with van der Waals surface area (Å²) < 4.78 is 6.06. The molecule has 1 aromatic heterocycles. The van der Waals surface area contributed by atoms with Gasteiger partial charge >= 0.3 is 0 Å². The molecule has 0 bridgehead atoms. The monoisotopic (exact) mass is 385 g/mol. The zero-order valence-corrected chi connectivity index (χ0v) is 16.6. The van der Waals surface area contributed by atoms with Crippen molar-refractivity contribution < 1.29 is 9.52 Å². The van der Waals surface area contributed by atoms with Crippen LogP contribution in [0.1, 0.15) is 31.1 Å². The fourth-order valence-corrected chi connectivity index (χ4v) is 3.42. The minimum absolute atomic E-state index is 0.103. The number of aryl methyl sites for hydroxylation is 1. The van der Waals surface area contributed by atoms with E-state index < -0.39 is 0 Å². The van der Waals surface area contributed by atoms with E-state index in [0.29, 0.717) is 39.4 Å². The summed E-state index contributed by atoms with van der Waals surface area (Å²) in [6, 6.07) is 10.3. The third-order valence-electron chi connectivity index (χ3n) is 4.77. The summed E-state index contributed by atoms with van der Waals surface area (Å²) in [5.74, 6) is 0.672. The van der Waals surface area contributed by atoms with Crippen molar-refractivity contribution in [2.45, 2.75) is 33.2 Å². The van der Waals surface area contributed by atoms with Crippen LogP contribution in [0.2, 0.25) is 5.02 Å². The van der Waals surface area contributed by atoms with Gasteiger partial charge in [-0.3, -0.25) is 4.79 Å². The molecule has 3 rings (SSSR count). The quantitative estimate of drug-likeness (QED) is 0.620. The molecule has 2 aromatic carbocycles. The largest absolute Gasteiger partial charge is 0.507 e. The van der Waals surface area contributed by atoms with Gasteiger partial charge in [-0.05, 0) is 56.8 Å². The molecular weight excluding hydrogens is 362 g/mol. The number of unbranched alkanes of at least 4 members (excludes halogenated alkanes) is 1. The Hall–Kier alpha value is -2.30. The second-order valence-corrected chi connectivity index (χ2v) is 7.34. The predicted octanol–water partition coefficient (Wildman–Crippen LogP) is 5.36. The Balaban J connectivity index is 2.13. The molecule has 4 nitrogen and oxygen atoms in total. The van der Waals surface area contributed by atoms with Crippen LogP contribution in [0.4, 0.5) is 0 Å². The highest BCUT2D eigenvalue weighted by atomic mass is 35.5. The Kier molecular flexibility index (Phi) is 5.88. The number of nitrogens with zero attached hydrogens (tertiary/aromatic N) is 1. The Morgan fingerprint density at radius 1 is 1.15 bits per heavy atom. The first-order chi connectivity index (χ1) is 12.9. The van der Waals surface area contributed by atoms with E-state index in [1.165, 1.54) is 0 Å². The predicted molar refractivity (Wildman–Crippen MR) is 111 cm³/mol. The molecule has 3 aromatic rings. The van der Waals surface area contributed by atoms with Gasteiger partial charge in [0.15, 0.2) is 0 Å². The maximum Gasteiger partial charge on any atom is 0.200 e. The summed E-state index contributed by atoms with van der Waals surface area (Å²) in [6.45, 7) is 5.35. The number of halogens is 1. The van der Waals surface area contributed by atoms with Crippen molar-refractivity contribution in [3.05, 3.63) is 63.0 Å². The van der Waals surface area contributed by atoms with Crippen LogP contribution >= 0.6 is 11.6 Å². The molecule has 27 heavy (non-hydrogen) atoms. The molecule has 0 atom stereocenters. The number of benzene rings is 2. The number of hydrogen-bond acceptors (Lipinski definition) is 4. The second kappa shape index (κ2) is 8.15. The molecule has 1 heterocycles. The van der Waals surface area contributed by atoms with E-state index in [2.05, 4.69) is 11.8 Å². The van der Waals surface area contributed by atoms with Gasteiger partial charge < -0.3 is 14.4 Å². The lowest BCUT2D eigenvalue weighted by Crippen LogP contribution is -2.19. The average molecular weight is 386 g/mol. The highest BCUT2D eigenvalue weighted by molar-refractivity contribution is 6.30. The molecule has 0 amide bonds. The molecule has 0 fully saturated rings. The van der Waals surface area contributed by atoms with E-state index in [0.717, 1.165) is 24.9 Å². The first-order valence-corrected chi connectivity index (χ1v) is 9.53. The lowest BCUT2D eigenvalue weighted by Gasteiger charge is -2.18. The van der Waals surface area contributed by atoms with E-state index in [4.69, 9.17) is 16.0 Å². The molecule has 5 heteroatoms. The zero-order valence-electron chi connectivity index (χ0n) is 15.9. The number of hydrogen-bond donors (Lipinski definition) is 1. The zero-order chi connectivity index (χ0) is 19.6. The van der Waals surface area contributed by atoms with E-state index >= 15 is 0 Å². The van der Waals surface area contributed by atoms with Crippen LogP contribution in [0.25, 0.3) is 22.1 Å². The highest BCUT2D eigenvalue weighted by Crippen LogP contribution is 2.31. The molecular formula is C22H24ClNO3. The van der Waals surface area contributed by atoms with Gasteiger partial charge in [0.2, 0.25) is 5.43 Å². The maximum absolute atomic E-state index is 13.2. The SMILES string of the molecule is CCCCN(C)Cc1c(O)ccc2c(=O)c(-c3ccc(Cl)cc3)c(C)oc12. The number of phenolic OH excluding ortho intramolecular Hbond substituents is 1. The fraction of sp³-hybridized carbons (Fsp3) is 0.318. The van der Waals surface area contributed by atoms with Crippen molar-refractivity contribution in [2.24, 2.45) is 0 Å². The van der Waals surface area contributed by atoms with Crippen LogP contribution < -0.4 is 5.43 Å².